The average molecular weight is 292 g/mol. The molecular weight excluding hydrogens is 268 g/mol. The summed E-state index contributed by atoms with van der Waals surface area (Å²) in [5.41, 5.74) is 1.73. The summed E-state index contributed by atoms with van der Waals surface area (Å²) in [6, 6.07) is 7.47. The van der Waals surface area contributed by atoms with Gasteiger partial charge in [0.05, 0.1) is 6.61 Å². The molecule has 1 rings (SSSR count). The van der Waals surface area contributed by atoms with Crippen molar-refractivity contribution < 1.29 is 14.3 Å². The van der Waals surface area contributed by atoms with Crippen LogP contribution in [0.4, 0.5) is 0 Å². The molecule has 0 fully saturated rings. The predicted octanol–water partition coefficient (Wildman–Crippen LogP) is 1.77. The molecular formula is C16H24N2O3. The van der Waals surface area contributed by atoms with E-state index in [-0.39, 0.29) is 18.4 Å². The highest BCUT2D eigenvalue weighted by atomic mass is 16.5. The van der Waals surface area contributed by atoms with Crippen LogP contribution in [0.25, 0.3) is 0 Å². The van der Waals surface area contributed by atoms with Gasteiger partial charge in [0.15, 0.2) is 0 Å². The van der Waals surface area contributed by atoms with Crippen LogP contribution in [0.5, 0.6) is 0 Å². The number of nitrogens with zero attached hydrogens (tertiary/aromatic N) is 2. The van der Waals surface area contributed by atoms with E-state index in [1.165, 1.54) is 4.90 Å². The molecule has 0 atom stereocenters. The lowest BCUT2D eigenvalue weighted by Crippen LogP contribution is -2.36. The Morgan fingerprint density at radius 3 is 2.19 bits per heavy atom. The SMILES string of the molecule is CCOC(=O)CN(CC)C(=O)c1ccc(CN(C)C)cc1. The summed E-state index contributed by atoms with van der Waals surface area (Å²) in [4.78, 5) is 27.4. The Morgan fingerprint density at radius 2 is 1.71 bits per heavy atom. The van der Waals surface area contributed by atoms with Gasteiger partial charge < -0.3 is 14.5 Å². The fourth-order valence-electron chi connectivity index (χ4n) is 1.99. The number of hydrogen-bond donors (Lipinski definition) is 0. The zero-order chi connectivity index (χ0) is 15.8. The number of benzene rings is 1. The molecule has 0 aliphatic carbocycles. The normalized spacial score (nSPS) is 10.5. The van der Waals surface area contributed by atoms with Gasteiger partial charge in [-0.15, -0.1) is 0 Å². The van der Waals surface area contributed by atoms with Crippen molar-refractivity contribution in [2.24, 2.45) is 0 Å². The molecule has 0 saturated heterocycles. The van der Waals surface area contributed by atoms with Gasteiger partial charge in [-0.1, -0.05) is 12.1 Å². The minimum atomic E-state index is -0.378. The second-order valence-corrected chi connectivity index (χ2v) is 5.06. The highest BCUT2D eigenvalue weighted by Crippen LogP contribution is 2.09. The molecule has 1 aromatic carbocycles. The number of carbonyl (C=O) groups excluding carboxylic acids is 2. The van der Waals surface area contributed by atoms with Crippen molar-refractivity contribution in [3.05, 3.63) is 35.4 Å². The molecule has 21 heavy (non-hydrogen) atoms. The van der Waals surface area contributed by atoms with Gasteiger partial charge in [0.2, 0.25) is 0 Å². The monoisotopic (exact) mass is 292 g/mol. The Balaban J connectivity index is 2.73. The molecule has 116 valence electrons. The van der Waals surface area contributed by atoms with Crippen LogP contribution in [-0.2, 0) is 16.1 Å². The molecule has 1 aromatic rings. The molecule has 0 aromatic heterocycles. The minimum absolute atomic E-state index is 0.0113. The fraction of sp³-hybridized carbons (Fsp3) is 0.500. The molecule has 0 bridgehead atoms. The molecule has 0 saturated carbocycles. The first-order chi connectivity index (χ1) is 9.97. The Labute approximate surface area is 126 Å². The highest BCUT2D eigenvalue weighted by Gasteiger charge is 2.17. The summed E-state index contributed by atoms with van der Waals surface area (Å²) in [6.07, 6.45) is 0. The van der Waals surface area contributed by atoms with Crippen LogP contribution in [0.1, 0.15) is 29.8 Å². The molecule has 0 aliphatic heterocycles. The third-order valence-corrected chi connectivity index (χ3v) is 2.99. The maximum Gasteiger partial charge on any atom is 0.325 e. The molecule has 0 heterocycles. The van der Waals surface area contributed by atoms with E-state index in [2.05, 4.69) is 4.90 Å². The van der Waals surface area contributed by atoms with E-state index in [0.717, 1.165) is 12.1 Å². The van der Waals surface area contributed by atoms with Gasteiger partial charge in [0, 0.05) is 18.7 Å². The maximum atomic E-state index is 12.4. The van der Waals surface area contributed by atoms with Crippen molar-refractivity contribution in [1.82, 2.24) is 9.80 Å². The molecule has 5 nitrogen and oxygen atoms in total. The van der Waals surface area contributed by atoms with Crippen molar-refractivity contribution in [1.29, 1.82) is 0 Å². The van der Waals surface area contributed by atoms with E-state index >= 15 is 0 Å². The molecule has 0 radical (unpaired) electrons. The summed E-state index contributed by atoms with van der Waals surface area (Å²) in [6.45, 7) is 5.20. The molecule has 0 unspecified atom stereocenters. The zero-order valence-corrected chi connectivity index (χ0v) is 13.3. The van der Waals surface area contributed by atoms with E-state index in [4.69, 9.17) is 4.74 Å². The largest absolute Gasteiger partial charge is 0.465 e. The van der Waals surface area contributed by atoms with Crippen molar-refractivity contribution in [3.63, 3.8) is 0 Å². The first-order valence-electron chi connectivity index (χ1n) is 7.16. The van der Waals surface area contributed by atoms with Crippen molar-refractivity contribution >= 4 is 11.9 Å². The van der Waals surface area contributed by atoms with Crippen LogP contribution in [-0.4, -0.2) is 55.5 Å². The van der Waals surface area contributed by atoms with Gasteiger partial charge >= 0.3 is 5.97 Å². The van der Waals surface area contributed by atoms with Gasteiger partial charge in [-0.3, -0.25) is 9.59 Å². The number of esters is 1. The van der Waals surface area contributed by atoms with Crippen molar-refractivity contribution in [2.75, 3.05) is 33.8 Å². The van der Waals surface area contributed by atoms with Gasteiger partial charge in [0.25, 0.3) is 5.91 Å². The lowest BCUT2D eigenvalue weighted by Gasteiger charge is -2.20. The quantitative estimate of drug-likeness (QED) is 0.719. The Bertz CT molecular complexity index is 469. The molecule has 1 amide bonds. The lowest BCUT2D eigenvalue weighted by atomic mass is 10.1. The van der Waals surface area contributed by atoms with Crippen molar-refractivity contribution in [3.8, 4) is 0 Å². The second kappa shape index (κ2) is 8.42. The lowest BCUT2D eigenvalue weighted by molar-refractivity contribution is -0.143. The molecule has 0 spiro atoms. The zero-order valence-electron chi connectivity index (χ0n) is 13.3. The number of likely N-dealkylation sites (N-methyl/N-ethyl adjacent to an activating group) is 1. The van der Waals surface area contributed by atoms with E-state index in [1.807, 2.05) is 33.2 Å². The van der Waals surface area contributed by atoms with Crippen LogP contribution in [0.3, 0.4) is 0 Å². The molecule has 0 aliphatic rings. The van der Waals surface area contributed by atoms with E-state index < -0.39 is 0 Å². The van der Waals surface area contributed by atoms with Gasteiger partial charge in [0.1, 0.15) is 6.54 Å². The first-order valence-corrected chi connectivity index (χ1v) is 7.16. The summed E-state index contributed by atoms with van der Waals surface area (Å²) in [5, 5.41) is 0. The van der Waals surface area contributed by atoms with E-state index in [0.29, 0.717) is 18.7 Å². The molecule has 0 N–H and O–H groups in total. The Morgan fingerprint density at radius 1 is 1.10 bits per heavy atom. The van der Waals surface area contributed by atoms with Gasteiger partial charge in [-0.05, 0) is 45.6 Å². The summed E-state index contributed by atoms with van der Waals surface area (Å²) in [7, 11) is 3.99. The Hall–Kier alpha value is -1.88. The third-order valence-electron chi connectivity index (χ3n) is 2.99. The smallest absolute Gasteiger partial charge is 0.325 e. The second-order valence-electron chi connectivity index (χ2n) is 5.06. The average Bonchev–Trinajstić information content (AvgIpc) is 2.44. The molecule has 5 heteroatoms. The fourth-order valence-corrected chi connectivity index (χ4v) is 1.99. The third kappa shape index (κ3) is 5.55. The van der Waals surface area contributed by atoms with Gasteiger partial charge in [-0.25, -0.2) is 0 Å². The number of amides is 1. The summed E-state index contributed by atoms with van der Waals surface area (Å²) in [5.74, 6) is -0.529. The van der Waals surface area contributed by atoms with E-state index in [9.17, 15) is 9.59 Å². The minimum Gasteiger partial charge on any atom is -0.465 e. The highest BCUT2D eigenvalue weighted by molar-refractivity contribution is 5.96. The Kier molecular flexibility index (Phi) is 6.88. The first kappa shape index (κ1) is 17.2. The van der Waals surface area contributed by atoms with Crippen LogP contribution >= 0.6 is 0 Å². The number of ether oxygens (including phenoxy) is 1. The summed E-state index contributed by atoms with van der Waals surface area (Å²) < 4.78 is 4.88. The number of carbonyl (C=O) groups is 2. The standard InChI is InChI=1S/C16H24N2O3/c1-5-18(12-15(19)21-6-2)16(20)14-9-7-13(8-10-14)11-17(3)4/h7-10H,5-6,11-12H2,1-4H3. The predicted molar refractivity (Wildman–Crippen MR) is 82.0 cm³/mol. The maximum absolute atomic E-state index is 12.4. The number of hydrogen-bond acceptors (Lipinski definition) is 4. The van der Waals surface area contributed by atoms with Crippen LogP contribution in [0.2, 0.25) is 0 Å². The van der Waals surface area contributed by atoms with Crippen molar-refractivity contribution in [2.45, 2.75) is 20.4 Å². The van der Waals surface area contributed by atoms with Crippen LogP contribution in [0.15, 0.2) is 24.3 Å². The number of rotatable bonds is 7. The van der Waals surface area contributed by atoms with Crippen LogP contribution < -0.4 is 0 Å². The summed E-state index contributed by atoms with van der Waals surface area (Å²) >= 11 is 0. The van der Waals surface area contributed by atoms with Crippen LogP contribution in [0, 0.1) is 0 Å². The topological polar surface area (TPSA) is 49.9 Å². The van der Waals surface area contributed by atoms with E-state index in [1.54, 1.807) is 19.1 Å². The van der Waals surface area contributed by atoms with Gasteiger partial charge in [-0.2, -0.15) is 0 Å².